The van der Waals surface area contributed by atoms with E-state index in [-0.39, 0.29) is 135 Å². The Morgan fingerprint density at radius 1 is 0.513 bits per heavy atom. The van der Waals surface area contributed by atoms with Crippen molar-refractivity contribution >= 4 is 165 Å². The molecule has 0 aliphatic heterocycles. The molecule has 0 aliphatic carbocycles. The molecule has 10 rings (SSSR count). The van der Waals surface area contributed by atoms with Crippen LogP contribution in [0.4, 0.5) is 73.7 Å². The Hall–Kier alpha value is -11.8. The molecule has 40 nitrogen and oxygen atoms in total. The van der Waals surface area contributed by atoms with Crippen molar-refractivity contribution in [2.75, 3.05) is 41.2 Å². The molecule has 0 unspecified atom stereocenters. The largest absolute Gasteiger partial charge is 0.571 e. The molecule has 0 fully saturated rings. The fourth-order valence-electron chi connectivity index (χ4n) is 9.52. The molecule has 0 aliphatic rings. The third-order valence-corrected chi connectivity index (χ3v) is 22.2. The zero-order valence-electron chi connectivity index (χ0n) is 59.6. The molecular weight excluding hydrogens is 1780 g/mol. The maximum absolute atomic E-state index is 14.6. The molecule has 10 aromatic rings. The first-order valence-electron chi connectivity index (χ1n) is 32.0. The van der Waals surface area contributed by atoms with Crippen LogP contribution in [0.5, 0.6) is 11.5 Å². The summed E-state index contributed by atoms with van der Waals surface area (Å²) in [5.74, 6) is -7.94. The van der Waals surface area contributed by atoms with Crippen LogP contribution in [0.1, 0.15) is 56.3 Å². The van der Waals surface area contributed by atoms with E-state index >= 15 is 0 Å². The predicted molar refractivity (Wildman–Crippen MR) is 413 cm³/mol. The Morgan fingerprint density at radius 3 is 1.26 bits per heavy atom. The number of hydrogen-bond donors (Lipinski definition) is 10. The molecule has 8 aromatic carbocycles. The number of anilines is 8. The van der Waals surface area contributed by atoms with Crippen LogP contribution >= 0.6 is 11.6 Å². The van der Waals surface area contributed by atoms with Crippen LogP contribution in [-0.2, 0) is 114 Å². The number of nitrogens with zero attached hydrogens (tertiary/aromatic N) is 14. The van der Waals surface area contributed by atoms with E-state index in [0.29, 0.717) is 12.1 Å². The Labute approximate surface area is 691 Å². The number of amidine groups is 2. The second-order valence-corrected chi connectivity index (χ2v) is 33.6. The van der Waals surface area contributed by atoms with E-state index in [1.54, 1.807) is 43.3 Å². The first-order valence-corrected chi connectivity index (χ1v) is 41.6. The standard InChI is InChI=1S/C34H32ClN9O11S3.C33H28FN9O11S3.2Cu/c1-3-15-56(48,49)23-12-10-22(11-13-23)36-33-38-32(35)39-34(40-33)37-27-17-24(58(53,54)55-2)18-28(29(27)45)42-44-30(21-7-5-4-6-8-21)43-41-26-16-20(19-57(50,51)52)9-14-25(26)31(46)47;1-3-55(47,48)22-12-10-21(11-13-22)35-32-37-31(34)38-33(39-32)36-26-16-23(57(52,53)54-2)17-27(28(26)44)41-43-29(20-7-5-4-6-8-20)42-40-25-15-19(18-56(49,50)51)9-14-24(25)30(45)46;;/h4-14,16-18H,3,15,19H2,1-2H3,(H6,36,37,38,39,40,41,42,43,44,45,46,47,50,51,52);3-17H,1,18H2,2H3,(H6,35,36,37,38,39,40,41,42,43,44,45,46,49,50,51);;/p-2. The maximum Gasteiger partial charge on any atom is 0.337 e. The van der Waals surface area contributed by atoms with Crippen molar-refractivity contribution in [2.45, 2.75) is 44.4 Å². The number of aromatic nitrogens is 6. The van der Waals surface area contributed by atoms with E-state index in [1.165, 1.54) is 78.9 Å². The van der Waals surface area contributed by atoms with Crippen molar-refractivity contribution in [2.24, 2.45) is 30.7 Å². The van der Waals surface area contributed by atoms with Gasteiger partial charge in [-0.15, -0.1) is 20.5 Å². The number of benzene rings is 8. The number of aromatic carboxylic acids is 2. The molecule has 2 aromatic heterocycles. The van der Waals surface area contributed by atoms with Gasteiger partial charge in [0.2, 0.25) is 29.1 Å². The van der Waals surface area contributed by atoms with Gasteiger partial charge >= 0.3 is 18.0 Å². The maximum atomic E-state index is 14.6. The van der Waals surface area contributed by atoms with Gasteiger partial charge in [0.1, 0.15) is 34.4 Å². The number of halogens is 2. The SMILES string of the molecule is C=CS(=O)(=O)c1ccc(Nc2nc(F)nc(Nc3cc(S(=O)(=O)OC)cc([N-]N=C(N=Nc4cc(CS(=O)(=O)O)ccc4C(=O)O)c4ccccc4)c3O)n2)cc1.CCCS(=O)(=O)c1ccc(Nc2nc(Cl)nc(Nc3cc(S(=O)(=O)OC)cc([N-]N=C(N=Nc4cc(CS(=O)(=O)O)ccc4C(=O)O)c4ccccc4)c3O)n2)cc1.[Cu].[Cu]. The van der Waals surface area contributed by atoms with Crippen LogP contribution in [0.15, 0.2) is 232 Å². The van der Waals surface area contributed by atoms with Crippen molar-refractivity contribution in [3.05, 3.63) is 237 Å². The van der Waals surface area contributed by atoms with Crippen LogP contribution in [0, 0.1) is 6.08 Å². The van der Waals surface area contributed by atoms with Gasteiger partial charge in [0, 0.05) is 62.0 Å². The molecule has 10 N–H and O–H groups in total. The number of carboxylic acids is 2. The summed E-state index contributed by atoms with van der Waals surface area (Å²) in [6.07, 6.45) is -0.873. The number of carboxylic acid groups (broad SMARTS) is 2. The summed E-state index contributed by atoms with van der Waals surface area (Å²) in [4.78, 5) is 46.0. The Morgan fingerprint density at radius 2 is 0.889 bits per heavy atom. The van der Waals surface area contributed by atoms with Crippen LogP contribution in [0.25, 0.3) is 10.9 Å². The normalized spacial score (nSPS) is 12.1. The van der Waals surface area contributed by atoms with E-state index in [4.69, 9.17) is 11.6 Å². The van der Waals surface area contributed by atoms with Crippen LogP contribution in [0.3, 0.4) is 0 Å². The Kier molecular flexibility index (Phi) is 31.3. The summed E-state index contributed by atoms with van der Waals surface area (Å²) in [6, 6.07) is 37.1. The van der Waals surface area contributed by atoms with Gasteiger partial charge in [-0.3, -0.25) is 17.5 Å². The molecule has 50 heteroatoms. The number of phenols is 2. The zero-order valence-corrected chi connectivity index (χ0v) is 67.1. The van der Waals surface area contributed by atoms with Crippen LogP contribution in [-0.4, -0.2) is 154 Å². The summed E-state index contributed by atoms with van der Waals surface area (Å²) >= 11 is 6.15. The van der Waals surface area contributed by atoms with Gasteiger partial charge < -0.3 is 62.7 Å². The van der Waals surface area contributed by atoms with E-state index < -0.39 is 140 Å². The Balaban J connectivity index is 0.000000318. The summed E-state index contributed by atoms with van der Waals surface area (Å²) in [5.41, 5.74) is 5.96. The van der Waals surface area contributed by atoms with Gasteiger partial charge in [0.05, 0.1) is 62.1 Å². The van der Waals surface area contributed by atoms with E-state index in [9.17, 15) is 94.0 Å². The summed E-state index contributed by atoms with van der Waals surface area (Å²) in [7, 11) is -23.3. The number of aromatic hydroxyl groups is 2. The van der Waals surface area contributed by atoms with E-state index in [2.05, 4.69) is 108 Å². The summed E-state index contributed by atoms with van der Waals surface area (Å²) in [5, 5.41) is 77.0. The third kappa shape index (κ3) is 25.8. The quantitative estimate of drug-likeness (QED) is 0.00282. The fourth-order valence-corrected chi connectivity index (χ4v) is 14.3. The number of sulfone groups is 2. The number of nitrogens with one attached hydrogen (secondary N) is 4. The molecule has 0 atom stereocenters. The molecule has 2 heterocycles. The second-order valence-electron chi connectivity index (χ2n) is 22.9. The Bertz CT molecular complexity index is 6270. The topological polar surface area (TPSA) is 607 Å². The van der Waals surface area contributed by atoms with Crippen molar-refractivity contribution < 1.29 is 137 Å². The van der Waals surface area contributed by atoms with Gasteiger partial charge in [-0.05, 0) is 114 Å². The van der Waals surface area contributed by atoms with Gasteiger partial charge in [-0.1, -0.05) is 110 Å². The zero-order chi connectivity index (χ0) is 83.8. The van der Waals surface area contributed by atoms with E-state index in [1.807, 2.05) is 0 Å². The predicted octanol–water partition coefficient (Wildman–Crippen LogP) is 12.2. The molecule has 0 bridgehead atoms. The minimum absolute atomic E-state index is 0. The number of hydrogen-bond acceptors (Lipinski definition) is 32. The molecule has 0 saturated heterocycles. The molecule has 622 valence electrons. The van der Waals surface area contributed by atoms with Gasteiger partial charge in [0.25, 0.3) is 40.5 Å². The fraction of sp³-hybridized carbons (Fsp3) is 0.104. The molecule has 0 saturated carbocycles. The second kappa shape index (κ2) is 39.7. The minimum Gasteiger partial charge on any atom is -0.571 e. The van der Waals surface area contributed by atoms with Crippen molar-refractivity contribution in [3.63, 3.8) is 0 Å². The molecule has 0 spiro atoms. The average molecular weight is 1840 g/mol. The monoisotopic (exact) mass is 1840 g/mol. The first-order chi connectivity index (χ1) is 54.2. The number of rotatable bonds is 31. The van der Waals surface area contributed by atoms with Gasteiger partial charge in [-0.25, -0.2) is 26.4 Å². The van der Waals surface area contributed by atoms with Gasteiger partial charge in [-0.2, -0.15) is 68.0 Å². The molecular formula is C67H58ClCu2FN18O22S6-2. The first kappa shape index (κ1) is 92.4. The molecule has 117 heavy (non-hydrogen) atoms. The molecule has 2 radical (unpaired) electrons. The summed E-state index contributed by atoms with van der Waals surface area (Å²) < 4.78 is 188. The average Bonchev–Trinajstić information content (AvgIpc) is 0.798. The van der Waals surface area contributed by atoms with Crippen molar-refractivity contribution in [1.82, 2.24) is 29.9 Å². The van der Waals surface area contributed by atoms with E-state index in [0.717, 1.165) is 74.2 Å². The van der Waals surface area contributed by atoms with Crippen molar-refractivity contribution in [1.29, 1.82) is 0 Å². The third-order valence-electron chi connectivity index (χ3n) is 14.8. The number of carbonyl (C=O) groups is 2. The minimum atomic E-state index is -4.50. The summed E-state index contributed by atoms with van der Waals surface area (Å²) in [6.45, 7) is 5.01. The molecule has 0 amide bonds. The van der Waals surface area contributed by atoms with Crippen LogP contribution in [0.2, 0.25) is 5.28 Å². The number of azo groups is 2. The van der Waals surface area contributed by atoms with Gasteiger partial charge in [0.15, 0.2) is 31.3 Å². The van der Waals surface area contributed by atoms with Crippen LogP contribution < -0.4 is 21.3 Å². The number of phenolic OH excluding ortho intramolecular Hbond substituents is 2. The van der Waals surface area contributed by atoms with Crippen molar-refractivity contribution in [3.8, 4) is 11.5 Å². The smallest absolute Gasteiger partial charge is 0.337 e.